The molecule has 2 aliphatic heterocycles. The summed E-state index contributed by atoms with van der Waals surface area (Å²) >= 11 is 0. The van der Waals surface area contributed by atoms with Crippen molar-refractivity contribution in [2.45, 2.75) is 38.0 Å². The summed E-state index contributed by atoms with van der Waals surface area (Å²) < 4.78 is 50.5. The predicted octanol–water partition coefficient (Wildman–Crippen LogP) is 2.49. The normalized spacial score (nSPS) is 27.2. The predicted molar refractivity (Wildman–Crippen MR) is 97.0 cm³/mol. The Hall–Kier alpha value is -1.68. The number of amides is 1. The van der Waals surface area contributed by atoms with Crippen molar-refractivity contribution in [3.63, 3.8) is 0 Å². The molecule has 3 aliphatic rings. The summed E-state index contributed by atoms with van der Waals surface area (Å²) in [4.78, 5) is 25.6. The van der Waals surface area contributed by atoms with Crippen LogP contribution in [0.1, 0.15) is 25.7 Å². The number of alkyl halides is 4. The van der Waals surface area contributed by atoms with Gasteiger partial charge in [0.25, 0.3) is 0 Å². The average Bonchev–Trinajstić information content (AvgIpc) is 2.81. The number of rotatable bonds is 3. The Morgan fingerprint density at radius 3 is 2.28 bits per heavy atom. The quantitative estimate of drug-likeness (QED) is 0.557. The molecule has 1 amide bonds. The minimum absolute atomic E-state index is 0.0632. The third kappa shape index (κ3) is 6.67. The number of carbonyl (C=O) groups is 2. The van der Waals surface area contributed by atoms with Crippen LogP contribution in [0.15, 0.2) is 12.7 Å². The zero-order valence-corrected chi connectivity index (χ0v) is 16.3. The third-order valence-corrected chi connectivity index (χ3v) is 5.71. The summed E-state index contributed by atoms with van der Waals surface area (Å²) in [6.07, 6.45) is -1.07. The molecule has 6 nitrogen and oxygen atoms in total. The van der Waals surface area contributed by atoms with Crippen LogP contribution in [0.2, 0.25) is 0 Å². The number of likely N-dealkylation sites (tertiary alicyclic amines) is 1. The lowest BCUT2D eigenvalue weighted by Gasteiger charge is -2.44. The van der Waals surface area contributed by atoms with E-state index in [1.807, 2.05) is 11.0 Å². The molecule has 1 spiro atoms. The standard InChI is InChI=1S/C17H27FN2O2.C2HF3O2/c1-2-5-19-8-9-22-13-17(12-19)3-6-20(7-4-17)16(21)14-10-15(18)11-14;3-2(4,5)1(6)7/h2,14-15H,1,3-13H2;(H,6,7). The molecule has 10 heteroatoms. The van der Waals surface area contributed by atoms with Gasteiger partial charge in [-0.05, 0) is 25.7 Å². The van der Waals surface area contributed by atoms with Gasteiger partial charge in [0.1, 0.15) is 6.17 Å². The first-order valence-corrected chi connectivity index (χ1v) is 9.70. The van der Waals surface area contributed by atoms with Crippen molar-refractivity contribution in [1.82, 2.24) is 9.80 Å². The first-order chi connectivity index (χ1) is 13.6. The summed E-state index contributed by atoms with van der Waals surface area (Å²) in [5, 5.41) is 7.12. The van der Waals surface area contributed by atoms with E-state index in [0.29, 0.717) is 12.8 Å². The Morgan fingerprint density at radius 2 is 1.79 bits per heavy atom. The van der Waals surface area contributed by atoms with Gasteiger partial charge in [-0.1, -0.05) is 6.08 Å². The Kier molecular flexibility index (Phi) is 8.04. The molecule has 0 aromatic rings. The van der Waals surface area contributed by atoms with Gasteiger partial charge in [-0.3, -0.25) is 9.69 Å². The third-order valence-electron chi connectivity index (χ3n) is 5.71. The van der Waals surface area contributed by atoms with Gasteiger partial charge < -0.3 is 14.7 Å². The number of carboxylic acids is 1. The van der Waals surface area contributed by atoms with Crippen molar-refractivity contribution in [2.75, 3.05) is 45.9 Å². The Morgan fingerprint density at radius 1 is 1.21 bits per heavy atom. The largest absolute Gasteiger partial charge is 0.490 e. The van der Waals surface area contributed by atoms with Crippen molar-refractivity contribution < 1.29 is 37.0 Å². The Labute approximate surface area is 167 Å². The van der Waals surface area contributed by atoms with E-state index in [1.165, 1.54) is 0 Å². The van der Waals surface area contributed by atoms with E-state index in [1.54, 1.807) is 0 Å². The molecular weight excluding hydrogens is 396 g/mol. The highest BCUT2D eigenvalue weighted by Crippen LogP contribution is 2.37. The van der Waals surface area contributed by atoms with Gasteiger partial charge in [-0.15, -0.1) is 6.58 Å². The second-order valence-electron chi connectivity index (χ2n) is 7.97. The van der Waals surface area contributed by atoms with E-state index in [-0.39, 0.29) is 17.2 Å². The fourth-order valence-electron chi connectivity index (χ4n) is 3.93. The molecular formula is C19H28F4N2O4. The SMILES string of the molecule is C=CCN1CCOCC2(CCN(C(=O)C3CC(F)C3)CC2)C1.O=C(O)C(F)(F)F. The lowest BCUT2D eigenvalue weighted by atomic mass is 9.77. The molecule has 0 radical (unpaired) electrons. The fourth-order valence-corrected chi connectivity index (χ4v) is 3.93. The second kappa shape index (κ2) is 9.88. The number of carboxylic acid groups (broad SMARTS) is 1. The smallest absolute Gasteiger partial charge is 0.475 e. The highest BCUT2D eigenvalue weighted by atomic mass is 19.4. The first-order valence-electron chi connectivity index (χ1n) is 9.70. The van der Waals surface area contributed by atoms with Crippen LogP contribution < -0.4 is 0 Å². The lowest BCUT2D eigenvalue weighted by Crippen LogP contribution is -2.51. The number of piperidine rings is 1. The van der Waals surface area contributed by atoms with Crippen molar-refractivity contribution >= 4 is 11.9 Å². The van der Waals surface area contributed by atoms with Crippen LogP contribution in [0.5, 0.6) is 0 Å². The van der Waals surface area contributed by atoms with Gasteiger partial charge in [0.05, 0.1) is 13.2 Å². The van der Waals surface area contributed by atoms with E-state index in [2.05, 4.69) is 11.5 Å². The van der Waals surface area contributed by atoms with Gasteiger partial charge in [-0.25, -0.2) is 9.18 Å². The molecule has 0 bridgehead atoms. The maximum atomic E-state index is 12.9. The zero-order valence-electron chi connectivity index (χ0n) is 16.3. The van der Waals surface area contributed by atoms with E-state index >= 15 is 0 Å². The Bertz CT molecular complexity index is 585. The van der Waals surface area contributed by atoms with Crippen molar-refractivity contribution in [2.24, 2.45) is 11.3 Å². The average molecular weight is 424 g/mol. The van der Waals surface area contributed by atoms with Gasteiger partial charge in [0, 0.05) is 44.1 Å². The number of nitrogens with zero attached hydrogens (tertiary/aromatic N) is 2. The van der Waals surface area contributed by atoms with Gasteiger partial charge in [0.2, 0.25) is 5.91 Å². The molecule has 2 heterocycles. The summed E-state index contributed by atoms with van der Waals surface area (Å²) in [7, 11) is 0. The van der Waals surface area contributed by atoms with Crippen LogP contribution in [-0.4, -0.2) is 85.1 Å². The molecule has 0 unspecified atom stereocenters. The molecule has 29 heavy (non-hydrogen) atoms. The van der Waals surface area contributed by atoms with E-state index in [4.69, 9.17) is 14.6 Å². The minimum Gasteiger partial charge on any atom is -0.475 e. The summed E-state index contributed by atoms with van der Waals surface area (Å²) in [5.74, 6) is -2.65. The maximum Gasteiger partial charge on any atom is 0.490 e. The van der Waals surface area contributed by atoms with Gasteiger partial charge in [-0.2, -0.15) is 13.2 Å². The van der Waals surface area contributed by atoms with Crippen molar-refractivity contribution in [1.29, 1.82) is 0 Å². The molecule has 3 fully saturated rings. The van der Waals surface area contributed by atoms with Gasteiger partial charge >= 0.3 is 12.1 Å². The van der Waals surface area contributed by atoms with Crippen LogP contribution in [0.3, 0.4) is 0 Å². The number of halogens is 4. The molecule has 2 saturated heterocycles. The Balaban J connectivity index is 0.000000370. The highest BCUT2D eigenvalue weighted by molar-refractivity contribution is 5.80. The summed E-state index contributed by atoms with van der Waals surface area (Å²) in [5.41, 5.74) is 0.165. The summed E-state index contributed by atoms with van der Waals surface area (Å²) in [6, 6.07) is 0. The first kappa shape index (κ1) is 23.6. The molecule has 0 atom stereocenters. The van der Waals surface area contributed by atoms with E-state index in [0.717, 1.165) is 58.8 Å². The number of hydrogen-bond acceptors (Lipinski definition) is 4. The van der Waals surface area contributed by atoms with Gasteiger partial charge in [0.15, 0.2) is 0 Å². The minimum atomic E-state index is -5.08. The molecule has 0 aromatic carbocycles. The number of carbonyl (C=O) groups excluding carboxylic acids is 1. The van der Waals surface area contributed by atoms with Crippen LogP contribution in [0.4, 0.5) is 17.6 Å². The fraction of sp³-hybridized carbons (Fsp3) is 0.789. The van der Waals surface area contributed by atoms with Crippen molar-refractivity contribution in [3.05, 3.63) is 12.7 Å². The van der Waals surface area contributed by atoms with E-state index in [9.17, 15) is 22.4 Å². The molecule has 1 N–H and O–H groups in total. The number of ether oxygens (including phenoxy) is 1. The van der Waals surface area contributed by atoms with Crippen LogP contribution in [0.25, 0.3) is 0 Å². The van der Waals surface area contributed by atoms with Crippen LogP contribution >= 0.6 is 0 Å². The topological polar surface area (TPSA) is 70.1 Å². The highest BCUT2D eigenvalue weighted by Gasteiger charge is 2.42. The molecule has 1 aliphatic carbocycles. The van der Waals surface area contributed by atoms with E-state index < -0.39 is 18.3 Å². The number of hydrogen-bond donors (Lipinski definition) is 1. The summed E-state index contributed by atoms with van der Waals surface area (Å²) in [6.45, 7) is 9.85. The second-order valence-corrected chi connectivity index (χ2v) is 7.97. The van der Waals surface area contributed by atoms with Crippen LogP contribution in [-0.2, 0) is 14.3 Å². The number of aliphatic carboxylic acids is 1. The van der Waals surface area contributed by atoms with Crippen molar-refractivity contribution in [3.8, 4) is 0 Å². The molecule has 166 valence electrons. The monoisotopic (exact) mass is 424 g/mol. The maximum absolute atomic E-state index is 12.9. The molecule has 3 rings (SSSR count). The van der Waals surface area contributed by atoms with Crippen LogP contribution in [0, 0.1) is 11.3 Å². The molecule has 0 aromatic heterocycles. The molecule has 1 saturated carbocycles. The lowest BCUT2D eigenvalue weighted by molar-refractivity contribution is -0.192. The zero-order chi connectivity index (χ0) is 21.7.